The van der Waals surface area contributed by atoms with E-state index in [0.29, 0.717) is 28.0 Å². The Hall–Kier alpha value is -3.09. The van der Waals surface area contributed by atoms with Crippen molar-refractivity contribution in [2.24, 2.45) is 0 Å². The minimum atomic E-state index is -0.607. The van der Waals surface area contributed by atoms with E-state index < -0.39 is 5.60 Å². The third-order valence-electron chi connectivity index (χ3n) is 3.65. The summed E-state index contributed by atoms with van der Waals surface area (Å²) in [6.45, 7) is 3.79. The lowest BCUT2D eigenvalue weighted by molar-refractivity contribution is 0.157. The summed E-state index contributed by atoms with van der Waals surface area (Å²) in [7, 11) is 0. The van der Waals surface area contributed by atoms with Crippen LogP contribution in [-0.2, 0) is 0 Å². The first kappa shape index (κ1) is 13.6. The predicted molar refractivity (Wildman–Crippen MR) is 82.3 cm³/mol. The fraction of sp³-hybridized carbons (Fsp3) is 0.188. The summed E-state index contributed by atoms with van der Waals surface area (Å²) >= 11 is 0. The van der Waals surface area contributed by atoms with Crippen LogP contribution in [0.5, 0.6) is 11.5 Å². The molecule has 1 aromatic carbocycles. The minimum absolute atomic E-state index is 0.0745. The SMILES string of the molecule is CC1(C)C=C(n2ccc(O)cc2=O)c2cc3nonc3cc2O1. The van der Waals surface area contributed by atoms with Crippen molar-refractivity contribution < 1.29 is 14.5 Å². The second-order valence-corrected chi connectivity index (χ2v) is 5.93. The highest BCUT2D eigenvalue weighted by molar-refractivity contribution is 5.84. The topological polar surface area (TPSA) is 90.4 Å². The molecule has 0 radical (unpaired) electrons. The average Bonchev–Trinajstić information content (AvgIpc) is 2.91. The van der Waals surface area contributed by atoms with Crippen molar-refractivity contribution in [2.45, 2.75) is 19.4 Å². The Bertz CT molecular complexity index is 1010. The monoisotopic (exact) mass is 311 g/mol. The van der Waals surface area contributed by atoms with Crippen LogP contribution >= 0.6 is 0 Å². The predicted octanol–water partition coefficient (Wildman–Crippen LogP) is 2.15. The standard InChI is InChI=1S/C16H13N3O4/c1-16(2)8-13(19-4-3-9(20)5-15(19)21)10-6-11-12(18-23-17-11)7-14(10)22-16/h3-8,20H,1-2H3. The maximum Gasteiger partial charge on any atom is 0.258 e. The third kappa shape index (κ3) is 2.17. The molecule has 0 fully saturated rings. The zero-order valence-electron chi connectivity index (χ0n) is 12.5. The molecule has 3 heterocycles. The van der Waals surface area contributed by atoms with Gasteiger partial charge >= 0.3 is 0 Å². The smallest absolute Gasteiger partial charge is 0.258 e. The van der Waals surface area contributed by atoms with Crippen LogP contribution in [-0.4, -0.2) is 25.6 Å². The first-order valence-corrected chi connectivity index (χ1v) is 7.04. The van der Waals surface area contributed by atoms with Gasteiger partial charge in [-0.15, -0.1) is 0 Å². The molecule has 0 aliphatic carbocycles. The van der Waals surface area contributed by atoms with E-state index in [1.54, 1.807) is 12.1 Å². The number of pyridine rings is 1. The molecule has 4 rings (SSSR count). The lowest BCUT2D eigenvalue weighted by atomic mass is 9.98. The van der Waals surface area contributed by atoms with E-state index in [1.165, 1.54) is 22.9 Å². The number of aromatic nitrogens is 3. The molecule has 0 bridgehead atoms. The Kier molecular flexibility index (Phi) is 2.63. The molecule has 7 heteroatoms. The maximum absolute atomic E-state index is 12.2. The number of aromatic hydroxyl groups is 1. The third-order valence-corrected chi connectivity index (χ3v) is 3.65. The van der Waals surface area contributed by atoms with Crippen LogP contribution in [0, 0.1) is 0 Å². The van der Waals surface area contributed by atoms with Gasteiger partial charge in [-0.1, -0.05) is 0 Å². The first-order chi connectivity index (χ1) is 10.9. The van der Waals surface area contributed by atoms with Gasteiger partial charge in [-0.05, 0) is 42.4 Å². The van der Waals surface area contributed by atoms with E-state index in [0.717, 1.165) is 0 Å². The molecule has 0 amide bonds. The zero-order chi connectivity index (χ0) is 16.2. The highest BCUT2D eigenvalue weighted by Gasteiger charge is 2.29. The van der Waals surface area contributed by atoms with E-state index in [9.17, 15) is 9.90 Å². The van der Waals surface area contributed by atoms with Crippen LogP contribution in [0.2, 0.25) is 0 Å². The molecule has 0 saturated carbocycles. The quantitative estimate of drug-likeness (QED) is 0.740. The van der Waals surface area contributed by atoms with Crippen molar-refractivity contribution in [3.8, 4) is 11.5 Å². The van der Waals surface area contributed by atoms with Crippen LogP contribution in [0.15, 0.2) is 46.0 Å². The van der Waals surface area contributed by atoms with Gasteiger partial charge in [0.15, 0.2) is 0 Å². The van der Waals surface area contributed by atoms with Gasteiger partial charge in [0.25, 0.3) is 5.56 Å². The number of nitrogens with zero attached hydrogens (tertiary/aromatic N) is 3. The van der Waals surface area contributed by atoms with Crippen molar-refractivity contribution >= 4 is 16.7 Å². The molecular weight excluding hydrogens is 298 g/mol. The fourth-order valence-electron chi connectivity index (χ4n) is 2.68. The Morgan fingerprint density at radius 3 is 2.65 bits per heavy atom. The molecule has 0 saturated heterocycles. The molecule has 0 spiro atoms. The van der Waals surface area contributed by atoms with Crippen LogP contribution in [0.3, 0.4) is 0 Å². The first-order valence-electron chi connectivity index (χ1n) is 7.04. The molecule has 1 N–H and O–H groups in total. The molecule has 3 aromatic rings. The largest absolute Gasteiger partial charge is 0.508 e. The van der Waals surface area contributed by atoms with Gasteiger partial charge in [0.2, 0.25) is 0 Å². The Balaban J connectivity index is 2.01. The highest BCUT2D eigenvalue weighted by Crippen LogP contribution is 2.38. The van der Waals surface area contributed by atoms with Crippen molar-refractivity contribution in [1.29, 1.82) is 0 Å². The molecule has 1 aliphatic rings. The summed E-state index contributed by atoms with van der Waals surface area (Å²) in [5, 5.41) is 17.1. The summed E-state index contributed by atoms with van der Waals surface area (Å²) in [6, 6.07) is 6.13. The molecule has 7 nitrogen and oxygen atoms in total. The van der Waals surface area contributed by atoms with E-state index in [2.05, 4.69) is 10.3 Å². The molecule has 23 heavy (non-hydrogen) atoms. The number of ether oxygens (including phenoxy) is 1. The normalized spacial score (nSPS) is 15.8. The lowest BCUT2D eigenvalue weighted by Gasteiger charge is -2.31. The Morgan fingerprint density at radius 2 is 1.91 bits per heavy atom. The summed E-state index contributed by atoms with van der Waals surface area (Å²) in [5.41, 5.74) is 1.58. The van der Waals surface area contributed by atoms with Crippen molar-refractivity contribution in [3.05, 3.63) is 52.5 Å². The van der Waals surface area contributed by atoms with Gasteiger partial charge in [0.05, 0.1) is 5.70 Å². The summed E-state index contributed by atoms with van der Waals surface area (Å²) in [6.07, 6.45) is 3.38. The summed E-state index contributed by atoms with van der Waals surface area (Å²) < 4.78 is 12.2. The Morgan fingerprint density at radius 1 is 1.17 bits per heavy atom. The van der Waals surface area contributed by atoms with Crippen LogP contribution in [0.1, 0.15) is 19.4 Å². The zero-order valence-corrected chi connectivity index (χ0v) is 12.5. The summed E-state index contributed by atoms with van der Waals surface area (Å²) in [4.78, 5) is 12.2. The van der Waals surface area contributed by atoms with Gasteiger partial charge in [-0.3, -0.25) is 9.36 Å². The van der Waals surface area contributed by atoms with Crippen molar-refractivity contribution in [3.63, 3.8) is 0 Å². The van der Waals surface area contributed by atoms with Crippen molar-refractivity contribution in [1.82, 2.24) is 14.9 Å². The number of rotatable bonds is 1. The van der Waals surface area contributed by atoms with Gasteiger partial charge in [-0.25, -0.2) is 4.63 Å². The van der Waals surface area contributed by atoms with E-state index in [4.69, 9.17) is 9.37 Å². The number of hydrogen-bond acceptors (Lipinski definition) is 6. The van der Waals surface area contributed by atoms with E-state index in [-0.39, 0.29) is 11.3 Å². The average molecular weight is 311 g/mol. The molecule has 0 atom stereocenters. The molecule has 116 valence electrons. The molecule has 2 aromatic heterocycles. The Labute approximate surface area is 130 Å². The second kappa shape index (κ2) is 4.45. The fourth-order valence-corrected chi connectivity index (χ4v) is 2.68. The van der Waals surface area contributed by atoms with E-state index in [1.807, 2.05) is 19.9 Å². The molecule has 0 unspecified atom stereocenters. The van der Waals surface area contributed by atoms with Crippen LogP contribution < -0.4 is 10.3 Å². The van der Waals surface area contributed by atoms with Gasteiger partial charge in [0, 0.05) is 23.9 Å². The number of benzene rings is 1. The molecule has 1 aliphatic heterocycles. The summed E-state index contributed by atoms with van der Waals surface area (Å²) in [5.74, 6) is 0.519. The van der Waals surface area contributed by atoms with Gasteiger partial charge in [-0.2, -0.15) is 0 Å². The minimum Gasteiger partial charge on any atom is -0.508 e. The molecular formula is C16H13N3O4. The van der Waals surface area contributed by atoms with Gasteiger partial charge < -0.3 is 9.84 Å². The van der Waals surface area contributed by atoms with E-state index >= 15 is 0 Å². The van der Waals surface area contributed by atoms with Gasteiger partial charge in [0.1, 0.15) is 28.1 Å². The van der Waals surface area contributed by atoms with Crippen LogP contribution in [0.4, 0.5) is 0 Å². The highest BCUT2D eigenvalue weighted by atomic mass is 16.6. The van der Waals surface area contributed by atoms with Crippen molar-refractivity contribution in [2.75, 3.05) is 0 Å². The number of hydrogen-bond donors (Lipinski definition) is 1. The number of fused-ring (bicyclic) bond motifs is 2. The maximum atomic E-state index is 12.2. The second-order valence-electron chi connectivity index (χ2n) is 5.93. The lowest BCUT2D eigenvalue weighted by Crippen LogP contribution is -2.32. The van der Waals surface area contributed by atoms with Crippen LogP contribution in [0.25, 0.3) is 16.7 Å².